The number of nitrogens with two attached hydrogens (primary N) is 2. The molecule has 19 heavy (non-hydrogen) atoms. The van der Waals surface area contributed by atoms with Crippen LogP contribution in [0.15, 0.2) is 23.1 Å². The second-order valence-corrected chi connectivity index (χ2v) is 5.09. The van der Waals surface area contributed by atoms with E-state index < -0.39 is 0 Å². The first-order valence-corrected chi connectivity index (χ1v) is 6.35. The molecule has 0 aliphatic heterocycles. The van der Waals surface area contributed by atoms with Crippen LogP contribution in [0.3, 0.4) is 0 Å². The molecule has 0 spiro atoms. The van der Waals surface area contributed by atoms with E-state index in [1.54, 1.807) is 16.8 Å². The van der Waals surface area contributed by atoms with Crippen LogP contribution in [0.1, 0.15) is 13.8 Å². The standard InChI is InChI=1S/C13H22N4O2/c1-10(2)7-16(9-12(15)18)5-6-17-8-11(14)3-4-13(17)19/h3-4,8,10H,5-7,9,14H2,1-2H3,(H2,15,18). The smallest absolute Gasteiger partial charge is 0.250 e. The molecule has 0 fully saturated rings. The summed E-state index contributed by atoms with van der Waals surface area (Å²) in [5, 5.41) is 0. The van der Waals surface area contributed by atoms with Gasteiger partial charge in [-0.3, -0.25) is 14.5 Å². The molecule has 4 N–H and O–H groups in total. The van der Waals surface area contributed by atoms with Gasteiger partial charge < -0.3 is 16.0 Å². The maximum atomic E-state index is 11.6. The number of pyridine rings is 1. The molecule has 6 nitrogen and oxygen atoms in total. The van der Waals surface area contributed by atoms with Crippen LogP contribution in [0.4, 0.5) is 5.69 Å². The number of carbonyl (C=O) groups excluding carboxylic acids is 1. The number of nitrogens with zero attached hydrogens (tertiary/aromatic N) is 2. The summed E-state index contributed by atoms with van der Waals surface area (Å²) in [4.78, 5) is 24.6. The van der Waals surface area contributed by atoms with E-state index in [9.17, 15) is 9.59 Å². The van der Waals surface area contributed by atoms with Gasteiger partial charge in [-0.1, -0.05) is 13.8 Å². The minimum Gasteiger partial charge on any atom is -0.398 e. The van der Waals surface area contributed by atoms with Crippen molar-refractivity contribution in [3.05, 3.63) is 28.7 Å². The zero-order valence-electron chi connectivity index (χ0n) is 11.5. The minimum atomic E-state index is -0.361. The van der Waals surface area contributed by atoms with Crippen LogP contribution in [-0.2, 0) is 11.3 Å². The van der Waals surface area contributed by atoms with Crippen molar-refractivity contribution in [2.45, 2.75) is 20.4 Å². The van der Waals surface area contributed by atoms with Crippen molar-refractivity contribution in [2.24, 2.45) is 11.7 Å². The van der Waals surface area contributed by atoms with Crippen LogP contribution >= 0.6 is 0 Å². The molecule has 6 heteroatoms. The second kappa shape index (κ2) is 6.94. The summed E-state index contributed by atoms with van der Waals surface area (Å²) < 4.78 is 1.55. The summed E-state index contributed by atoms with van der Waals surface area (Å²) >= 11 is 0. The Hall–Kier alpha value is -1.82. The van der Waals surface area contributed by atoms with Crippen molar-refractivity contribution >= 4 is 11.6 Å². The Labute approximate surface area is 113 Å². The van der Waals surface area contributed by atoms with Crippen molar-refractivity contribution < 1.29 is 4.79 Å². The fourth-order valence-electron chi connectivity index (χ4n) is 1.95. The Kier molecular flexibility index (Phi) is 5.57. The van der Waals surface area contributed by atoms with E-state index in [1.807, 2.05) is 4.90 Å². The van der Waals surface area contributed by atoms with E-state index >= 15 is 0 Å². The molecule has 1 amide bonds. The number of anilines is 1. The summed E-state index contributed by atoms with van der Waals surface area (Å²) in [5.41, 5.74) is 11.3. The Balaban J connectivity index is 2.66. The largest absolute Gasteiger partial charge is 0.398 e. The lowest BCUT2D eigenvalue weighted by Crippen LogP contribution is -2.39. The van der Waals surface area contributed by atoms with Gasteiger partial charge in [0.05, 0.1) is 6.54 Å². The molecule has 1 aromatic rings. The third-order valence-electron chi connectivity index (χ3n) is 2.67. The monoisotopic (exact) mass is 266 g/mol. The lowest BCUT2D eigenvalue weighted by Gasteiger charge is -2.23. The first kappa shape index (κ1) is 15.2. The molecule has 106 valence electrons. The molecule has 0 aliphatic rings. The van der Waals surface area contributed by atoms with E-state index in [0.717, 1.165) is 6.54 Å². The Morgan fingerprint density at radius 1 is 1.42 bits per heavy atom. The van der Waals surface area contributed by atoms with Gasteiger partial charge in [0.1, 0.15) is 0 Å². The molecule has 0 radical (unpaired) electrons. The van der Waals surface area contributed by atoms with Gasteiger partial charge in [-0.2, -0.15) is 0 Å². The summed E-state index contributed by atoms with van der Waals surface area (Å²) in [6.45, 7) is 6.19. The average molecular weight is 266 g/mol. The normalized spacial score (nSPS) is 11.2. The number of aromatic nitrogens is 1. The second-order valence-electron chi connectivity index (χ2n) is 5.09. The quantitative estimate of drug-likeness (QED) is 0.719. The molecule has 1 rings (SSSR count). The maximum Gasteiger partial charge on any atom is 0.250 e. The fraction of sp³-hybridized carbons (Fsp3) is 0.538. The van der Waals surface area contributed by atoms with Crippen molar-refractivity contribution in [3.63, 3.8) is 0 Å². The number of primary amides is 1. The van der Waals surface area contributed by atoms with Crippen molar-refractivity contribution in [1.29, 1.82) is 0 Å². The SMILES string of the molecule is CC(C)CN(CCn1cc(N)ccc1=O)CC(N)=O. The topological polar surface area (TPSA) is 94.3 Å². The number of nitrogen functional groups attached to an aromatic ring is 1. The number of rotatable bonds is 7. The van der Waals surface area contributed by atoms with Gasteiger partial charge in [0.15, 0.2) is 0 Å². The number of carbonyl (C=O) groups is 1. The average Bonchev–Trinajstić information content (AvgIpc) is 2.28. The molecule has 0 unspecified atom stereocenters. The van der Waals surface area contributed by atoms with Gasteiger partial charge in [-0.25, -0.2) is 0 Å². The zero-order valence-corrected chi connectivity index (χ0v) is 11.5. The van der Waals surface area contributed by atoms with Crippen LogP contribution in [-0.4, -0.2) is 35.0 Å². The summed E-state index contributed by atoms with van der Waals surface area (Å²) in [6.07, 6.45) is 1.61. The molecule has 0 bridgehead atoms. The molecule has 1 aromatic heterocycles. The molecule has 0 aromatic carbocycles. The zero-order chi connectivity index (χ0) is 14.4. The van der Waals surface area contributed by atoms with E-state index in [2.05, 4.69) is 13.8 Å². The molecule has 0 saturated carbocycles. The predicted octanol–water partition coefficient (Wildman–Crippen LogP) is -0.126. The van der Waals surface area contributed by atoms with Crippen LogP contribution in [0.5, 0.6) is 0 Å². The van der Waals surface area contributed by atoms with Gasteiger partial charge in [-0.05, 0) is 12.0 Å². The van der Waals surface area contributed by atoms with Gasteiger partial charge >= 0.3 is 0 Å². The summed E-state index contributed by atoms with van der Waals surface area (Å²) in [6, 6.07) is 3.02. The molecule has 0 atom stereocenters. The number of hydrogen-bond donors (Lipinski definition) is 2. The van der Waals surface area contributed by atoms with Crippen molar-refractivity contribution in [3.8, 4) is 0 Å². The number of hydrogen-bond acceptors (Lipinski definition) is 4. The predicted molar refractivity (Wildman–Crippen MR) is 75.6 cm³/mol. The Morgan fingerprint density at radius 3 is 2.68 bits per heavy atom. The lowest BCUT2D eigenvalue weighted by atomic mass is 10.2. The van der Waals surface area contributed by atoms with Gasteiger partial charge in [0, 0.05) is 37.6 Å². The van der Waals surface area contributed by atoms with Crippen molar-refractivity contribution in [1.82, 2.24) is 9.47 Å². The van der Waals surface area contributed by atoms with Crippen LogP contribution < -0.4 is 17.0 Å². The highest BCUT2D eigenvalue weighted by Gasteiger charge is 2.10. The van der Waals surface area contributed by atoms with Gasteiger partial charge in [0.25, 0.3) is 5.56 Å². The highest BCUT2D eigenvalue weighted by molar-refractivity contribution is 5.75. The van der Waals surface area contributed by atoms with E-state index in [0.29, 0.717) is 24.7 Å². The summed E-state index contributed by atoms with van der Waals surface area (Å²) in [7, 11) is 0. The lowest BCUT2D eigenvalue weighted by molar-refractivity contribution is -0.119. The summed E-state index contributed by atoms with van der Waals surface area (Å²) in [5.74, 6) is 0.0671. The molecular weight excluding hydrogens is 244 g/mol. The molecule has 0 saturated heterocycles. The molecule has 1 heterocycles. The first-order chi connectivity index (χ1) is 8.88. The van der Waals surface area contributed by atoms with E-state index in [4.69, 9.17) is 11.5 Å². The van der Waals surface area contributed by atoms with Crippen molar-refractivity contribution in [2.75, 3.05) is 25.4 Å². The minimum absolute atomic E-state index is 0.0993. The van der Waals surface area contributed by atoms with Crippen LogP contribution in [0.2, 0.25) is 0 Å². The highest BCUT2D eigenvalue weighted by Crippen LogP contribution is 2.00. The third kappa shape index (κ3) is 5.56. The fourth-order valence-corrected chi connectivity index (χ4v) is 1.95. The Morgan fingerprint density at radius 2 is 2.11 bits per heavy atom. The maximum absolute atomic E-state index is 11.6. The van der Waals surface area contributed by atoms with E-state index in [-0.39, 0.29) is 18.0 Å². The van der Waals surface area contributed by atoms with Gasteiger partial charge in [-0.15, -0.1) is 0 Å². The highest BCUT2D eigenvalue weighted by atomic mass is 16.1. The molecule has 0 aliphatic carbocycles. The Bertz CT molecular complexity index is 482. The molecular formula is C13H22N4O2. The number of amides is 1. The van der Waals surface area contributed by atoms with E-state index in [1.165, 1.54) is 6.07 Å². The third-order valence-corrected chi connectivity index (χ3v) is 2.67. The van der Waals surface area contributed by atoms with Crippen LogP contribution in [0.25, 0.3) is 0 Å². The first-order valence-electron chi connectivity index (χ1n) is 6.35. The van der Waals surface area contributed by atoms with Crippen LogP contribution in [0, 0.1) is 5.92 Å². The van der Waals surface area contributed by atoms with Gasteiger partial charge in [0.2, 0.25) is 5.91 Å².